The number of hydrogen-bond donors (Lipinski definition) is 0. The fourth-order valence-electron chi connectivity index (χ4n) is 3.10. The topological polar surface area (TPSA) is 48.0 Å². The van der Waals surface area contributed by atoms with Gasteiger partial charge in [-0.2, -0.15) is 0 Å². The number of carbonyl (C=O) groups is 1. The molecule has 0 bridgehead atoms. The fraction of sp³-hybridized carbons (Fsp3) is 0.650. The summed E-state index contributed by atoms with van der Waals surface area (Å²) in [5, 5.41) is 1.04. The third-order valence-electron chi connectivity index (χ3n) is 4.58. The molecular formula is C20H30BrNO4. The van der Waals surface area contributed by atoms with Gasteiger partial charge in [-0.15, -0.1) is 0 Å². The van der Waals surface area contributed by atoms with Gasteiger partial charge in [-0.1, -0.05) is 28.8 Å². The summed E-state index contributed by atoms with van der Waals surface area (Å²) in [6, 6.07) is 3.68. The molecule has 1 fully saturated rings. The molecule has 1 aromatic rings. The Kier molecular flexibility index (Phi) is 9.43. The number of benzene rings is 1. The van der Waals surface area contributed by atoms with Crippen LogP contribution < -0.4 is 9.47 Å². The first-order chi connectivity index (χ1) is 12.7. The maximum atomic E-state index is 12.1. The lowest BCUT2D eigenvalue weighted by molar-refractivity contribution is 0.0334. The molecule has 0 aromatic heterocycles. The molecule has 26 heavy (non-hydrogen) atoms. The van der Waals surface area contributed by atoms with Gasteiger partial charge in [0, 0.05) is 25.0 Å². The molecule has 0 N–H and O–H groups in total. The van der Waals surface area contributed by atoms with Crippen molar-refractivity contribution in [2.45, 2.75) is 39.2 Å². The molecule has 1 heterocycles. The molecule has 2 rings (SSSR count). The van der Waals surface area contributed by atoms with Gasteiger partial charge in [0.2, 0.25) is 0 Å². The third kappa shape index (κ3) is 6.25. The summed E-state index contributed by atoms with van der Waals surface area (Å²) in [7, 11) is 1.66. The van der Waals surface area contributed by atoms with Gasteiger partial charge in [-0.25, -0.2) is 0 Å². The van der Waals surface area contributed by atoms with Crippen LogP contribution in [0.2, 0.25) is 0 Å². The lowest BCUT2D eigenvalue weighted by Crippen LogP contribution is -2.36. The van der Waals surface area contributed by atoms with Crippen LogP contribution >= 0.6 is 15.9 Å². The summed E-state index contributed by atoms with van der Waals surface area (Å²) < 4.78 is 17.1. The van der Waals surface area contributed by atoms with E-state index in [1.165, 1.54) is 12.8 Å². The molecule has 0 radical (unpaired) electrons. The molecule has 1 aromatic carbocycles. The highest BCUT2D eigenvalue weighted by atomic mass is 79.9. The Hall–Kier alpha value is -1.11. The number of nitrogens with zero attached hydrogens (tertiary/aromatic N) is 1. The second-order valence-electron chi connectivity index (χ2n) is 6.52. The second kappa shape index (κ2) is 11.6. The molecule has 146 valence electrons. The Balaban J connectivity index is 2.15. The normalized spacial score (nSPS) is 15.0. The average Bonchev–Trinajstić information content (AvgIpc) is 2.65. The van der Waals surface area contributed by atoms with Crippen molar-refractivity contribution in [3.8, 4) is 11.5 Å². The third-order valence-corrected chi connectivity index (χ3v) is 5.14. The monoisotopic (exact) mass is 427 g/mol. The lowest BCUT2D eigenvalue weighted by Gasteiger charge is -2.28. The number of carbonyl (C=O) groups excluding carboxylic acids is 1. The molecule has 0 unspecified atom stereocenters. The molecule has 0 atom stereocenters. The standard InChI is InChI=1S/C20H30BrNO4/c1-16(23)17-7-8-19(24-2)18(15-22-10-13-25-14-11-22)20(17)26-12-6-4-3-5-9-21/h7-8H,3-6,9-15H2,1-2H3. The average molecular weight is 428 g/mol. The van der Waals surface area contributed by atoms with E-state index in [0.717, 1.165) is 55.8 Å². The number of morpholine rings is 1. The maximum Gasteiger partial charge on any atom is 0.163 e. The van der Waals surface area contributed by atoms with Crippen molar-refractivity contribution in [3.63, 3.8) is 0 Å². The van der Waals surface area contributed by atoms with Crippen LogP contribution in [0.3, 0.4) is 0 Å². The van der Waals surface area contributed by atoms with Crippen molar-refractivity contribution in [1.82, 2.24) is 4.90 Å². The van der Waals surface area contributed by atoms with Crippen LogP contribution in [0.25, 0.3) is 0 Å². The van der Waals surface area contributed by atoms with Crippen LogP contribution in [-0.2, 0) is 11.3 Å². The van der Waals surface area contributed by atoms with Crippen LogP contribution in [0.15, 0.2) is 12.1 Å². The summed E-state index contributed by atoms with van der Waals surface area (Å²) in [5.74, 6) is 1.48. The van der Waals surface area contributed by atoms with E-state index >= 15 is 0 Å². The van der Waals surface area contributed by atoms with Crippen molar-refractivity contribution in [2.24, 2.45) is 0 Å². The molecule has 6 heteroatoms. The van der Waals surface area contributed by atoms with Crippen molar-refractivity contribution in [3.05, 3.63) is 23.3 Å². The van der Waals surface area contributed by atoms with Gasteiger partial charge in [0.1, 0.15) is 11.5 Å². The molecule has 0 saturated carbocycles. The summed E-state index contributed by atoms with van der Waals surface area (Å²) in [6.07, 6.45) is 4.48. The van der Waals surface area contributed by atoms with Gasteiger partial charge >= 0.3 is 0 Å². The number of unbranched alkanes of at least 4 members (excludes halogenated alkanes) is 3. The maximum absolute atomic E-state index is 12.1. The zero-order valence-electron chi connectivity index (χ0n) is 15.9. The summed E-state index contributed by atoms with van der Waals surface area (Å²) in [4.78, 5) is 14.4. The predicted molar refractivity (Wildman–Crippen MR) is 107 cm³/mol. The van der Waals surface area contributed by atoms with E-state index in [1.54, 1.807) is 14.0 Å². The van der Waals surface area contributed by atoms with Crippen LogP contribution in [0, 0.1) is 0 Å². The van der Waals surface area contributed by atoms with Crippen LogP contribution in [0.5, 0.6) is 11.5 Å². The number of halogens is 1. The van der Waals surface area contributed by atoms with Gasteiger partial charge in [-0.3, -0.25) is 9.69 Å². The molecule has 0 amide bonds. The second-order valence-corrected chi connectivity index (χ2v) is 7.31. The summed E-state index contributed by atoms with van der Waals surface area (Å²) >= 11 is 3.46. The van der Waals surface area contributed by atoms with Gasteiger partial charge < -0.3 is 14.2 Å². The van der Waals surface area contributed by atoms with Crippen molar-refractivity contribution in [1.29, 1.82) is 0 Å². The minimum atomic E-state index is 0.0187. The van der Waals surface area contributed by atoms with Crippen molar-refractivity contribution < 1.29 is 19.0 Å². The zero-order valence-corrected chi connectivity index (χ0v) is 17.5. The smallest absolute Gasteiger partial charge is 0.163 e. The molecule has 1 aliphatic rings. The first-order valence-corrected chi connectivity index (χ1v) is 10.5. The predicted octanol–water partition coefficient (Wildman–Crippen LogP) is 4.06. The number of rotatable bonds is 11. The summed E-state index contributed by atoms with van der Waals surface area (Å²) in [6.45, 7) is 6.12. The van der Waals surface area contributed by atoms with E-state index in [9.17, 15) is 4.79 Å². The van der Waals surface area contributed by atoms with Gasteiger partial charge in [0.15, 0.2) is 5.78 Å². The highest BCUT2D eigenvalue weighted by Crippen LogP contribution is 2.34. The first kappa shape index (κ1) is 21.2. The van der Waals surface area contributed by atoms with Crippen molar-refractivity contribution >= 4 is 21.7 Å². The zero-order chi connectivity index (χ0) is 18.8. The minimum Gasteiger partial charge on any atom is -0.496 e. The van der Waals surface area contributed by atoms with Crippen LogP contribution in [0.4, 0.5) is 0 Å². The summed E-state index contributed by atoms with van der Waals surface area (Å²) in [5.41, 5.74) is 1.59. The van der Waals surface area contributed by atoms with Gasteiger partial charge in [0.25, 0.3) is 0 Å². The van der Waals surface area contributed by atoms with E-state index in [-0.39, 0.29) is 5.78 Å². The fourth-order valence-corrected chi connectivity index (χ4v) is 3.50. The Labute approximate surface area is 165 Å². The largest absolute Gasteiger partial charge is 0.496 e. The highest BCUT2D eigenvalue weighted by molar-refractivity contribution is 9.09. The van der Waals surface area contributed by atoms with E-state index in [2.05, 4.69) is 20.8 Å². The number of Topliss-reactive ketones (excluding diaryl/α,β-unsaturated/α-hetero) is 1. The molecule has 1 saturated heterocycles. The van der Waals surface area contributed by atoms with E-state index in [1.807, 2.05) is 12.1 Å². The van der Waals surface area contributed by atoms with Gasteiger partial charge in [0.05, 0.1) is 38.1 Å². The van der Waals surface area contributed by atoms with Crippen LogP contribution in [0.1, 0.15) is 48.5 Å². The number of methoxy groups -OCH3 is 1. The van der Waals surface area contributed by atoms with Crippen molar-refractivity contribution in [2.75, 3.05) is 45.4 Å². The van der Waals surface area contributed by atoms with E-state index < -0.39 is 0 Å². The first-order valence-electron chi connectivity index (χ1n) is 9.37. The molecule has 0 spiro atoms. The minimum absolute atomic E-state index is 0.0187. The van der Waals surface area contributed by atoms with E-state index in [4.69, 9.17) is 14.2 Å². The quantitative estimate of drug-likeness (QED) is 0.302. The Bertz CT molecular complexity index is 573. The molecule has 1 aliphatic heterocycles. The number of hydrogen-bond acceptors (Lipinski definition) is 5. The Morgan fingerprint density at radius 1 is 1.19 bits per heavy atom. The SMILES string of the molecule is COc1ccc(C(C)=O)c(OCCCCCCBr)c1CN1CCOCC1. The number of alkyl halides is 1. The Morgan fingerprint density at radius 2 is 1.92 bits per heavy atom. The highest BCUT2D eigenvalue weighted by Gasteiger charge is 2.21. The molecule has 0 aliphatic carbocycles. The molecule has 5 nitrogen and oxygen atoms in total. The Morgan fingerprint density at radius 3 is 2.58 bits per heavy atom. The van der Waals surface area contributed by atoms with Gasteiger partial charge in [-0.05, 0) is 31.9 Å². The molecular weight excluding hydrogens is 398 g/mol. The number of ether oxygens (including phenoxy) is 3. The van der Waals surface area contributed by atoms with E-state index in [0.29, 0.717) is 24.5 Å². The lowest BCUT2D eigenvalue weighted by atomic mass is 10.0. The van der Waals surface area contributed by atoms with Crippen LogP contribution in [-0.4, -0.2) is 56.0 Å². The number of ketones is 1.